The van der Waals surface area contributed by atoms with E-state index in [0.717, 1.165) is 11.7 Å². The Balaban J connectivity index is 1.92. The molecule has 0 radical (unpaired) electrons. The number of benzene rings is 1. The second-order valence-corrected chi connectivity index (χ2v) is 6.30. The Hall–Kier alpha value is -0.980. The molecular formula is C19H30O. The summed E-state index contributed by atoms with van der Waals surface area (Å²) in [7, 11) is 0. The zero-order chi connectivity index (χ0) is 14.4. The molecule has 0 aromatic heterocycles. The zero-order valence-electron chi connectivity index (χ0n) is 13.4. The molecule has 1 aromatic carbocycles. The summed E-state index contributed by atoms with van der Waals surface area (Å²) in [5.41, 5.74) is 1.45. The Bertz CT molecular complexity index is 371. The maximum absolute atomic E-state index is 6.16. The van der Waals surface area contributed by atoms with E-state index in [1.54, 1.807) is 0 Å². The molecule has 20 heavy (non-hydrogen) atoms. The van der Waals surface area contributed by atoms with Crippen LogP contribution in [0.3, 0.4) is 0 Å². The molecule has 1 nitrogen and oxygen atoms in total. The van der Waals surface area contributed by atoms with Gasteiger partial charge in [0.15, 0.2) is 0 Å². The Morgan fingerprint density at radius 2 is 1.60 bits per heavy atom. The lowest BCUT2D eigenvalue weighted by Gasteiger charge is -2.28. The molecule has 0 amide bonds. The summed E-state index contributed by atoms with van der Waals surface area (Å²) >= 11 is 0. The van der Waals surface area contributed by atoms with Crippen LogP contribution in [0.4, 0.5) is 0 Å². The van der Waals surface area contributed by atoms with Gasteiger partial charge in [-0.3, -0.25) is 0 Å². The number of hydrogen-bond donors (Lipinski definition) is 0. The molecule has 1 aliphatic carbocycles. The largest absolute Gasteiger partial charge is 0.490 e. The molecule has 0 aliphatic heterocycles. The predicted octanol–water partition coefficient (Wildman–Crippen LogP) is 5.94. The first-order chi connectivity index (χ1) is 9.74. The predicted molar refractivity (Wildman–Crippen MR) is 86.4 cm³/mol. The molecule has 0 spiro atoms. The van der Waals surface area contributed by atoms with Gasteiger partial charge < -0.3 is 4.74 Å². The van der Waals surface area contributed by atoms with Crippen LogP contribution < -0.4 is 4.74 Å². The van der Waals surface area contributed by atoms with E-state index >= 15 is 0 Å². The molecule has 1 saturated carbocycles. The molecule has 0 heterocycles. The van der Waals surface area contributed by atoms with Crippen molar-refractivity contribution in [2.24, 2.45) is 5.92 Å². The van der Waals surface area contributed by atoms with Gasteiger partial charge >= 0.3 is 0 Å². The van der Waals surface area contributed by atoms with Crippen LogP contribution in [0.1, 0.15) is 77.2 Å². The van der Waals surface area contributed by atoms with Gasteiger partial charge in [0, 0.05) is 0 Å². The van der Waals surface area contributed by atoms with E-state index < -0.39 is 0 Å². The third-order valence-corrected chi connectivity index (χ3v) is 4.97. The first kappa shape index (κ1) is 15.4. The van der Waals surface area contributed by atoms with Crippen LogP contribution in [0.25, 0.3) is 0 Å². The van der Waals surface area contributed by atoms with Gasteiger partial charge in [-0.25, -0.2) is 0 Å². The Morgan fingerprint density at radius 1 is 1.00 bits per heavy atom. The maximum atomic E-state index is 6.16. The van der Waals surface area contributed by atoms with Crippen LogP contribution in [0, 0.1) is 5.92 Å². The fourth-order valence-corrected chi connectivity index (χ4v) is 3.49. The van der Waals surface area contributed by atoms with E-state index in [4.69, 9.17) is 4.74 Å². The molecule has 1 aliphatic rings. The van der Waals surface area contributed by atoms with E-state index in [2.05, 4.69) is 45.0 Å². The van der Waals surface area contributed by atoms with Crippen LogP contribution in [0.15, 0.2) is 24.3 Å². The first-order valence-corrected chi connectivity index (χ1v) is 8.51. The molecule has 2 rings (SSSR count). The lowest BCUT2D eigenvalue weighted by Crippen LogP contribution is -2.25. The van der Waals surface area contributed by atoms with Gasteiger partial charge in [0.1, 0.15) is 5.75 Å². The third kappa shape index (κ3) is 4.01. The highest BCUT2D eigenvalue weighted by atomic mass is 16.5. The highest BCUT2D eigenvalue weighted by molar-refractivity contribution is 5.29. The van der Waals surface area contributed by atoms with Crippen LogP contribution in [0.2, 0.25) is 0 Å². The molecular weight excluding hydrogens is 244 g/mol. The van der Waals surface area contributed by atoms with Crippen molar-refractivity contribution in [1.82, 2.24) is 0 Å². The highest BCUT2D eigenvalue weighted by Crippen LogP contribution is 2.30. The molecule has 1 unspecified atom stereocenters. The summed E-state index contributed by atoms with van der Waals surface area (Å²) in [6, 6.07) is 8.82. The molecule has 0 bridgehead atoms. The van der Waals surface area contributed by atoms with Crippen LogP contribution in [-0.2, 0) is 0 Å². The summed E-state index contributed by atoms with van der Waals surface area (Å²) in [4.78, 5) is 0. The van der Waals surface area contributed by atoms with Crippen molar-refractivity contribution in [2.75, 3.05) is 0 Å². The number of rotatable bonds is 6. The van der Waals surface area contributed by atoms with Crippen molar-refractivity contribution in [3.63, 3.8) is 0 Å². The van der Waals surface area contributed by atoms with Crippen molar-refractivity contribution in [3.05, 3.63) is 29.8 Å². The van der Waals surface area contributed by atoms with E-state index in [9.17, 15) is 0 Å². The Morgan fingerprint density at radius 3 is 2.15 bits per heavy atom. The van der Waals surface area contributed by atoms with Crippen molar-refractivity contribution >= 4 is 0 Å². The topological polar surface area (TPSA) is 9.23 Å². The van der Waals surface area contributed by atoms with Gasteiger partial charge in [0.05, 0.1) is 6.10 Å². The summed E-state index contributed by atoms with van der Waals surface area (Å²) in [5.74, 6) is 2.49. The van der Waals surface area contributed by atoms with Gasteiger partial charge in [0.25, 0.3) is 0 Å². The van der Waals surface area contributed by atoms with Gasteiger partial charge in [-0.15, -0.1) is 0 Å². The fraction of sp³-hybridized carbons (Fsp3) is 0.684. The average Bonchev–Trinajstić information content (AvgIpc) is 2.51. The molecule has 112 valence electrons. The first-order valence-electron chi connectivity index (χ1n) is 8.51. The fourth-order valence-electron chi connectivity index (χ4n) is 3.49. The van der Waals surface area contributed by atoms with E-state index in [0.29, 0.717) is 12.0 Å². The second-order valence-electron chi connectivity index (χ2n) is 6.30. The third-order valence-electron chi connectivity index (χ3n) is 4.97. The standard InChI is InChI=1S/C19H30O/c1-4-16(5-2)18-11-13-19(14-12-18)20-15(3)17-9-7-6-8-10-17/h11-17H,4-10H2,1-3H3. The summed E-state index contributed by atoms with van der Waals surface area (Å²) < 4.78 is 6.16. The minimum absolute atomic E-state index is 0.356. The molecule has 0 N–H and O–H groups in total. The van der Waals surface area contributed by atoms with Crippen molar-refractivity contribution in [1.29, 1.82) is 0 Å². The molecule has 1 heteroatoms. The summed E-state index contributed by atoms with van der Waals surface area (Å²) in [5, 5.41) is 0. The Labute approximate surface area is 124 Å². The number of hydrogen-bond acceptors (Lipinski definition) is 1. The van der Waals surface area contributed by atoms with Crippen LogP contribution >= 0.6 is 0 Å². The molecule has 0 saturated heterocycles. The smallest absolute Gasteiger partial charge is 0.119 e. The van der Waals surface area contributed by atoms with Gasteiger partial charge in [-0.05, 0) is 62.1 Å². The molecule has 1 fully saturated rings. The zero-order valence-corrected chi connectivity index (χ0v) is 13.4. The van der Waals surface area contributed by atoms with Crippen molar-refractivity contribution < 1.29 is 4.74 Å². The highest BCUT2D eigenvalue weighted by Gasteiger charge is 2.21. The quantitative estimate of drug-likeness (QED) is 0.624. The Kier molecular flexibility index (Phi) is 5.94. The summed E-state index contributed by atoms with van der Waals surface area (Å²) in [6.45, 7) is 6.78. The minimum Gasteiger partial charge on any atom is -0.490 e. The normalized spacial score (nSPS) is 18.2. The SMILES string of the molecule is CCC(CC)c1ccc(OC(C)C2CCCCC2)cc1. The molecule has 1 aromatic rings. The monoisotopic (exact) mass is 274 g/mol. The van der Waals surface area contributed by atoms with Gasteiger partial charge in [-0.1, -0.05) is 45.2 Å². The lowest BCUT2D eigenvalue weighted by molar-refractivity contribution is 0.123. The van der Waals surface area contributed by atoms with E-state index in [-0.39, 0.29) is 0 Å². The average molecular weight is 274 g/mol. The van der Waals surface area contributed by atoms with Gasteiger partial charge in [-0.2, -0.15) is 0 Å². The maximum Gasteiger partial charge on any atom is 0.119 e. The van der Waals surface area contributed by atoms with Crippen LogP contribution in [-0.4, -0.2) is 6.10 Å². The minimum atomic E-state index is 0.356. The number of ether oxygens (including phenoxy) is 1. The molecule has 1 atom stereocenters. The van der Waals surface area contributed by atoms with Crippen molar-refractivity contribution in [3.8, 4) is 5.75 Å². The second kappa shape index (κ2) is 7.71. The van der Waals surface area contributed by atoms with E-state index in [1.807, 2.05) is 0 Å². The van der Waals surface area contributed by atoms with Gasteiger partial charge in [0.2, 0.25) is 0 Å². The van der Waals surface area contributed by atoms with E-state index in [1.165, 1.54) is 50.5 Å². The van der Waals surface area contributed by atoms with Crippen molar-refractivity contribution in [2.45, 2.75) is 77.7 Å². The van der Waals surface area contributed by atoms with Crippen LogP contribution in [0.5, 0.6) is 5.75 Å². The summed E-state index contributed by atoms with van der Waals surface area (Å²) in [6.07, 6.45) is 9.64. The lowest BCUT2D eigenvalue weighted by atomic mass is 9.86.